The van der Waals surface area contributed by atoms with Gasteiger partial charge in [0.1, 0.15) is 6.10 Å². The Labute approximate surface area is 184 Å². The van der Waals surface area contributed by atoms with Gasteiger partial charge in [0, 0.05) is 24.7 Å². The zero-order valence-corrected chi connectivity index (χ0v) is 20.6. The van der Waals surface area contributed by atoms with Crippen LogP contribution in [0.2, 0.25) is 19.6 Å². The van der Waals surface area contributed by atoms with Crippen molar-refractivity contribution < 1.29 is 23.7 Å². The van der Waals surface area contributed by atoms with Crippen LogP contribution in [0.25, 0.3) is 0 Å². The number of carbonyl (C=O) groups is 1. The van der Waals surface area contributed by atoms with E-state index >= 15 is 0 Å². The second-order valence-electron chi connectivity index (χ2n) is 9.57. The number of ether oxygens (including phenoxy) is 1. The standard InChI is InChI=1S/C24H42O5Si/c1-6-7-10-13-19(29-30(3,4)5)16-17-21-20(22-18-23(21)28-27-22)14-11-8-9-12-15-24(25)26-2/h8,11,16-17,19-23H,6-7,9-10,12-15,18H2,1-5H3/b11-8+,17-16+. The van der Waals surface area contributed by atoms with Crippen molar-refractivity contribution in [1.82, 2.24) is 0 Å². The molecular formula is C24H42O5Si. The molecule has 0 aromatic heterocycles. The molecule has 0 aromatic rings. The molecule has 2 bridgehead atoms. The van der Waals surface area contributed by atoms with Crippen molar-refractivity contribution in [3.63, 3.8) is 0 Å². The van der Waals surface area contributed by atoms with Crippen molar-refractivity contribution in [2.24, 2.45) is 11.8 Å². The van der Waals surface area contributed by atoms with Crippen molar-refractivity contribution in [3.8, 4) is 0 Å². The Morgan fingerprint density at radius 2 is 1.90 bits per heavy atom. The molecule has 0 aromatic carbocycles. The lowest BCUT2D eigenvalue weighted by Gasteiger charge is -2.28. The molecule has 1 heterocycles. The van der Waals surface area contributed by atoms with Crippen LogP contribution < -0.4 is 0 Å². The van der Waals surface area contributed by atoms with Gasteiger partial charge in [-0.3, -0.25) is 4.79 Å². The average molecular weight is 439 g/mol. The van der Waals surface area contributed by atoms with Crippen LogP contribution in [0, 0.1) is 11.8 Å². The Morgan fingerprint density at radius 3 is 2.60 bits per heavy atom. The number of carbonyl (C=O) groups excluding carboxylic acids is 1. The summed E-state index contributed by atoms with van der Waals surface area (Å²) < 4.78 is 11.1. The smallest absolute Gasteiger partial charge is 0.305 e. The number of allylic oxidation sites excluding steroid dienone is 2. The van der Waals surface area contributed by atoms with Crippen LogP contribution in [0.3, 0.4) is 0 Å². The summed E-state index contributed by atoms with van der Waals surface area (Å²) in [4.78, 5) is 22.3. The molecule has 0 spiro atoms. The van der Waals surface area contributed by atoms with Crippen molar-refractivity contribution in [1.29, 1.82) is 0 Å². The minimum absolute atomic E-state index is 0.138. The maximum absolute atomic E-state index is 11.2. The van der Waals surface area contributed by atoms with Gasteiger partial charge in [-0.05, 0) is 45.3 Å². The molecule has 2 fully saturated rings. The van der Waals surface area contributed by atoms with Gasteiger partial charge in [-0.25, -0.2) is 9.78 Å². The first-order valence-corrected chi connectivity index (χ1v) is 15.1. The second kappa shape index (κ2) is 12.8. The quantitative estimate of drug-likeness (QED) is 0.110. The summed E-state index contributed by atoms with van der Waals surface area (Å²) in [5, 5.41) is 0. The zero-order chi connectivity index (χ0) is 22.0. The summed E-state index contributed by atoms with van der Waals surface area (Å²) in [6.45, 7) is 9.02. The van der Waals surface area contributed by atoms with Gasteiger partial charge in [0.25, 0.3) is 0 Å². The lowest BCUT2D eigenvalue weighted by molar-refractivity contribution is -0.336. The van der Waals surface area contributed by atoms with Crippen molar-refractivity contribution in [2.75, 3.05) is 7.11 Å². The lowest BCUT2D eigenvalue weighted by Crippen LogP contribution is -2.32. The van der Waals surface area contributed by atoms with E-state index in [0.29, 0.717) is 18.3 Å². The van der Waals surface area contributed by atoms with Gasteiger partial charge in [-0.1, -0.05) is 50.5 Å². The van der Waals surface area contributed by atoms with Crippen LogP contribution in [0.1, 0.15) is 64.7 Å². The van der Waals surface area contributed by atoms with E-state index < -0.39 is 8.32 Å². The molecule has 2 aliphatic rings. The normalized spacial score (nSPS) is 27.4. The van der Waals surface area contributed by atoms with E-state index in [2.05, 4.69) is 55.6 Å². The monoisotopic (exact) mass is 438 g/mol. The topological polar surface area (TPSA) is 54.0 Å². The maximum Gasteiger partial charge on any atom is 0.305 e. The number of unbranched alkanes of at least 4 members (excludes halogenated alkanes) is 3. The first kappa shape index (κ1) is 25.3. The summed E-state index contributed by atoms with van der Waals surface area (Å²) >= 11 is 0. The van der Waals surface area contributed by atoms with Gasteiger partial charge < -0.3 is 9.16 Å². The molecule has 0 N–H and O–H groups in total. The summed E-state index contributed by atoms with van der Waals surface area (Å²) in [6, 6.07) is 0. The number of fused-ring (bicyclic) bond motifs is 2. The van der Waals surface area contributed by atoms with E-state index in [0.717, 1.165) is 32.1 Å². The van der Waals surface area contributed by atoms with Gasteiger partial charge in [-0.2, -0.15) is 0 Å². The molecule has 5 atom stereocenters. The van der Waals surface area contributed by atoms with Crippen LogP contribution in [-0.4, -0.2) is 39.7 Å². The van der Waals surface area contributed by atoms with Gasteiger partial charge in [-0.15, -0.1) is 0 Å². The molecule has 0 radical (unpaired) electrons. The molecule has 5 nitrogen and oxygen atoms in total. The fourth-order valence-corrected chi connectivity index (χ4v) is 5.46. The Balaban J connectivity index is 1.89. The molecular weight excluding hydrogens is 396 g/mol. The largest absolute Gasteiger partial charge is 0.469 e. The number of esters is 1. The molecule has 1 saturated carbocycles. The summed E-state index contributed by atoms with van der Waals surface area (Å²) in [5.74, 6) is 0.684. The highest BCUT2D eigenvalue weighted by Gasteiger charge is 2.49. The second-order valence-corrected chi connectivity index (χ2v) is 14.0. The summed E-state index contributed by atoms with van der Waals surface area (Å²) in [5.41, 5.74) is 0. The molecule has 30 heavy (non-hydrogen) atoms. The van der Waals surface area contributed by atoms with Crippen LogP contribution in [0.5, 0.6) is 0 Å². The lowest BCUT2D eigenvalue weighted by atomic mass is 9.89. The highest BCUT2D eigenvalue weighted by molar-refractivity contribution is 6.69. The molecule has 5 unspecified atom stereocenters. The van der Waals surface area contributed by atoms with Crippen molar-refractivity contribution >= 4 is 14.3 Å². The predicted octanol–water partition coefficient (Wildman–Crippen LogP) is 5.97. The molecule has 172 valence electrons. The fraction of sp³-hybridized carbons (Fsp3) is 0.792. The number of hydrogen-bond acceptors (Lipinski definition) is 5. The van der Waals surface area contributed by atoms with Crippen LogP contribution in [0.4, 0.5) is 0 Å². The van der Waals surface area contributed by atoms with Gasteiger partial charge in [0.05, 0.1) is 19.3 Å². The van der Waals surface area contributed by atoms with E-state index in [1.54, 1.807) is 0 Å². The van der Waals surface area contributed by atoms with E-state index in [1.807, 2.05) is 0 Å². The average Bonchev–Trinajstić information content (AvgIpc) is 3.29. The summed E-state index contributed by atoms with van der Waals surface area (Å²) in [6.07, 6.45) is 18.6. The zero-order valence-electron chi connectivity index (χ0n) is 19.6. The summed E-state index contributed by atoms with van der Waals surface area (Å²) in [7, 11) is -0.150. The minimum Gasteiger partial charge on any atom is -0.469 e. The van der Waals surface area contributed by atoms with Crippen LogP contribution in [-0.2, 0) is 23.7 Å². The number of rotatable bonds is 14. The van der Waals surface area contributed by atoms with Crippen LogP contribution in [0.15, 0.2) is 24.3 Å². The van der Waals surface area contributed by atoms with Crippen molar-refractivity contribution in [2.45, 2.75) is 103 Å². The maximum atomic E-state index is 11.2. The van der Waals surface area contributed by atoms with E-state index in [1.165, 1.54) is 26.4 Å². The van der Waals surface area contributed by atoms with E-state index in [-0.39, 0.29) is 24.3 Å². The Kier molecular flexibility index (Phi) is 10.8. The molecule has 6 heteroatoms. The van der Waals surface area contributed by atoms with Gasteiger partial charge in [0.15, 0.2) is 8.32 Å². The van der Waals surface area contributed by atoms with Gasteiger partial charge in [0.2, 0.25) is 0 Å². The third-order valence-corrected chi connectivity index (χ3v) is 6.88. The Hall–Kier alpha value is -0.953. The minimum atomic E-state index is -1.59. The first-order valence-electron chi connectivity index (χ1n) is 11.7. The molecule has 0 amide bonds. The number of hydrogen-bond donors (Lipinski definition) is 0. The van der Waals surface area contributed by atoms with E-state index in [4.69, 9.17) is 14.2 Å². The Bertz CT molecular complexity index is 568. The molecule has 2 rings (SSSR count). The van der Waals surface area contributed by atoms with Crippen molar-refractivity contribution in [3.05, 3.63) is 24.3 Å². The fourth-order valence-electron chi connectivity index (χ4n) is 4.35. The Morgan fingerprint density at radius 1 is 1.13 bits per heavy atom. The SMILES string of the molecule is CCCCCC(/C=C/C1C2CC(OO2)C1C/C=C/CCCC(=O)OC)O[Si](C)(C)C. The predicted molar refractivity (Wildman–Crippen MR) is 122 cm³/mol. The van der Waals surface area contributed by atoms with Crippen LogP contribution >= 0.6 is 0 Å². The molecule has 1 aliphatic heterocycles. The van der Waals surface area contributed by atoms with E-state index in [9.17, 15) is 4.79 Å². The molecule has 1 saturated heterocycles. The molecule has 1 aliphatic carbocycles. The highest BCUT2D eigenvalue weighted by atomic mass is 28.4. The number of methoxy groups -OCH3 is 1. The third-order valence-electron chi connectivity index (χ3n) is 5.87. The first-order chi connectivity index (χ1) is 14.3. The highest BCUT2D eigenvalue weighted by Crippen LogP contribution is 2.45. The van der Waals surface area contributed by atoms with Gasteiger partial charge >= 0.3 is 5.97 Å². The third kappa shape index (κ3) is 8.65.